The van der Waals surface area contributed by atoms with E-state index in [0.29, 0.717) is 37.6 Å². The standard InChI is InChI=1S/C22H25N3O5/c1-17-7-8-23-13-19(17)21(27)25-10-12-30-22(16-25)15-24(9-11-29-22)20(26)14-28-18-5-3-2-4-6-18/h2-8,13H,9-12,14-16H2,1H3. The average molecular weight is 411 g/mol. The van der Waals surface area contributed by atoms with Crippen molar-refractivity contribution in [1.82, 2.24) is 14.8 Å². The van der Waals surface area contributed by atoms with Crippen LogP contribution in [0.15, 0.2) is 48.8 Å². The van der Waals surface area contributed by atoms with Gasteiger partial charge in [0.2, 0.25) is 5.79 Å². The molecule has 2 fully saturated rings. The number of hydrogen-bond donors (Lipinski definition) is 0. The van der Waals surface area contributed by atoms with Crippen molar-refractivity contribution in [3.05, 3.63) is 59.9 Å². The summed E-state index contributed by atoms with van der Waals surface area (Å²) in [4.78, 5) is 33.1. The van der Waals surface area contributed by atoms with Crippen molar-refractivity contribution >= 4 is 11.8 Å². The summed E-state index contributed by atoms with van der Waals surface area (Å²) in [5, 5.41) is 0. The molecule has 3 heterocycles. The molecule has 1 aromatic heterocycles. The third kappa shape index (κ3) is 4.44. The lowest BCUT2D eigenvalue weighted by molar-refractivity contribution is -0.284. The van der Waals surface area contributed by atoms with Crippen molar-refractivity contribution in [1.29, 1.82) is 0 Å². The van der Waals surface area contributed by atoms with Crippen LogP contribution in [0.1, 0.15) is 15.9 Å². The molecule has 2 aromatic rings. The molecule has 1 spiro atoms. The Kier molecular flexibility index (Phi) is 5.96. The SMILES string of the molecule is Cc1ccncc1C(=O)N1CCOC2(CN(C(=O)COc3ccccc3)CCO2)C1. The molecular formula is C22H25N3O5. The number of pyridine rings is 1. The summed E-state index contributed by atoms with van der Waals surface area (Å²) in [5.74, 6) is -0.629. The first kappa shape index (κ1) is 20.3. The Morgan fingerprint density at radius 3 is 2.50 bits per heavy atom. The summed E-state index contributed by atoms with van der Waals surface area (Å²) >= 11 is 0. The number of carbonyl (C=O) groups is 2. The Morgan fingerprint density at radius 2 is 1.77 bits per heavy atom. The van der Waals surface area contributed by atoms with E-state index in [1.54, 1.807) is 22.2 Å². The van der Waals surface area contributed by atoms with Gasteiger partial charge in [-0.3, -0.25) is 14.6 Å². The minimum absolute atomic E-state index is 0.0579. The lowest BCUT2D eigenvalue weighted by Gasteiger charge is -2.47. The van der Waals surface area contributed by atoms with Gasteiger partial charge in [-0.2, -0.15) is 0 Å². The Balaban J connectivity index is 1.40. The number of para-hydroxylation sites is 1. The van der Waals surface area contributed by atoms with E-state index >= 15 is 0 Å². The maximum atomic E-state index is 13.0. The number of aromatic nitrogens is 1. The fourth-order valence-corrected chi connectivity index (χ4v) is 3.70. The average Bonchev–Trinajstić information content (AvgIpc) is 2.78. The molecule has 0 saturated carbocycles. The van der Waals surface area contributed by atoms with E-state index in [1.807, 2.05) is 43.3 Å². The first-order chi connectivity index (χ1) is 14.6. The van der Waals surface area contributed by atoms with E-state index in [-0.39, 0.29) is 31.5 Å². The van der Waals surface area contributed by atoms with Crippen LogP contribution < -0.4 is 4.74 Å². The van der Waals surface area contributed by atoms with Gasteiger partial charge in [-0.15, -0.1) is 0 Å². The van der Waals surface area contributed by atoms with Crippen LogP contribution in [-0.4, -0.2) is 78.4 Å². The zero-order valence-corrected chi connectivity index (χ0v) is 17.0. The van der Waals surface area contributed by atoms with Crippen LogP contribution in [0.3, 0.4) is 0 Å². The normalized spacial score (nSPS) is 21.5. The van der Waals surface area contributed by atoms with E-state index in [1.165, 1.54) is 0 Å². The number of nitrogens with zero attached hydrogens (tertiary/aromatic N) is 3. The lowest BCUT2D eigenvalue weighted by Crippen LogP contribution is -2.64. The molecule has 0 N–H and O–H groups in total. The molecule has 0 bridgehead atoms. The van der Waals surface area contributed by atoms with Crippen LogP contribution in [-0.2, 0) is 14.3 Å². The van der Waals surface area contributed by atoms with E-state index in [9.17, 15) is 9.59 Å². The molecule has 0 aliphatic carbocycles. The van der Waals surface area contributed by atoms with Gasteiger partial charge in [0.15, 0.2) is 6.61 Å². The molecule has 158 valence electrons. The van der Waals surface area contributed by atoms with E-state index < -0.39 is 5.79 Å². The molecular weight excluding hydrogens is 386 g/mol. The van der Waals surface area contributed by atoms with Crippen LogP contribution in [0.4, 0.5) is 0 Å². The molecule has 2 amide bonds. The summed E-state index contributed by atoms with van der Waals surface area (Å²) < 4.78 is 17.4. The second-order valence-corrected chi connectivity index (χ2v) is 7.44. The third-order valence-corrected chi connectivity index (χ3v) is 5.33. The number of amides is 2. The van der Waals surface area contributed by atoms with Crippen molar-refractivity contribution in [2.45, 2.75) is 12.7 Å². The maximum Gasteiger partial charge on any atom is 0.260 e. The lowest BCUT2D eigenvalue weighted by atomic mass is 10.1. The van der Waals surface area contributed by atoms with Gasteiger partial charge >= 0.3 is 0 Å². The topological polar surface area (TPSA) is 81.2 Å². The summed E-state index contributed by atoms with van der Waals surface area (Å²) in [5.41, 5.74) is 1.43. The summed E-state index contributed by atoms with van der Waals surface area (Å²) in [6, 6.07) is 11.0. The zero-order valence-electron chi connectivity index (χ0n) is 17.0. The van der Waals surface area contributed by atoms with Gasteiger partial charge in [0.25, 0.3) is 11.8 Å². The summed E-state index contributed by atoms with van der Waals surface area (Å²) in [6.45, 7) is 3.93. The van der Waals surface area contributed by atoms with E-state index in [0.717, 1.165) is 5.56 Å². The molecule has 1 unspecified atom stereocenters. The highest BCUT2D eigenvalue weighted by atomic mass is 16.7. The largest absolute Gasteiger partial charge is 0.484 e. The Labute approximate surface area is 175 Å². The number of hydrogen-bond acceptors (Lipinski definition) is 6. The number of benzene rings is 1. The Hall–Kier alpha value is -2.97. The van der Waals surface area contributed by atoms with Gasteiger partial charge in [-0.1, -0.05) is 18.2 Å². The quantitative estimate of drug-likeness (QED) is 0.759. The fraction of sp³-hybridized carbons (Fsp3) is 0.409. The van der Waals surface area contributed by atoms with Crippen molar-refractivity contribution in [2.24, 2.45) is 0 Å². The van der Waals surface area contributed by atoms with Crippen LogP contribution in [0.5, 0.6) is 5.75 Å². The van der Waals surface area contributed by atoms with Gasteiger partial charge in [0, 0.05) is 25.5 Å². The van der Waals surface area contributed by atoms with Crippen LogP contribution in [0.2, 0.25) is 0 Å². The van der Waals surface area contributed by atoms with Crippen molar-refractivity contribution < 1.29 is 23.8 Å². The minimum atomic E-state index is -1.02. The third-order valence-electron chi connectivity index (χ3n) is 5.33. The molecule has 8 nitrogen and oxygen atoms in total. The van der Waals surface area contributed by atoms with E-state index in [2.05, 4.69) is 4.98 Å². The highest BCUT2D eigenvalue weighted by molar-refractivity contribution is 5.95. The minimum Gasteiger partial charge on any atom is -0.484 e. The number of ether oxygens (including phenoxy) is 3. The van der Waals surface area contributed by atoms with Gasteiger partial charge in [-0.25, -0.2) is 0 Å². The monoisotopic (exact) mass is 411 g/mol. The fourth-order valence-electron chi connectivity index (χ4n) is 3.70. The van der Waals surface area contributed by atoms with Crippen molar-refractivity contribution in [2.75, 3.05) is 46.0 Å². The second kappa shape index (κ2) is 8.81. The highest BCUT2D eigenvalue weighted by Gasteiger charge is 2.44. The first-order valence-electron chi connectivity index (χ1n) is 10.00. The van der Waals surface area contributed by atoms with Gasteiger partial charge in [-0.05, 0) is 30.7 Å². The molecule has 1 aromatic carbocycles. The number of rotatable bonds is 4. The van der Waals surface area contributed by atoms with Gasteiger partial charge < -0.3 is 24.0 Å². The first-order valence-corrected chi connectivity index (χ1v) is 10.00. The van der Waals surface area contributed by atoms with Gasteiger partial charge in [0.1, 0.15) is 5.75 Å². The van der Waals surface area contributed by atoms with E-state index in [4.69, 9.17) is 14.2 Å². The Bertz CT molecular complexity index is 903. The van der Waals surface area contributed by atoms with Crippen LogP contribution >= 0.6 is 0 Å². The molecule has 1 atom stereocenters. The van der Waals surface area contributed by atoms with Crippen LogP contribution in [0, 0.1) is 6.92 Å². The molecule has 8 heteroatoms. The molecule has 4 rings (SSSR count). The van der Waals surface area contributed by atoms with Crippen molar-refractivity contribution in [3.8, 4) is 5.75 Å². The van der Waals surface area contributed by atoms with Crippen molar-refractivity contribution in [3.63, 3.8) is 0 Å². The highest BCUT2D eigenvalue weighted by Crippen LogP contribution is 2.26. The molecule has 2 aliphatic heterocycles. The predicted molar refractivity (Wildman–Crippen MR) is 108 cm³/mol. The van der Waals surface area contributed by atoms with Gasteiger partial charge in [0.05, 0.1) is 31.9 Å². The molecule has 2 aliphatic rings. The maximum absolute atomic E-state index is 13.0. The Morgan fingerprint density at radius 1 is 1.07 bits per heavy atom. The smallest absolute Gasteiger partial charge is 0.260 e. The summed E-state index contributed by atoms with van der Waals surface area (Å²) in [6.07, 6.45) is 3.25. The number of aryl methyl sites for hydroxylation is 1. The number of morpholine rings is 2. The molecule has 30 heavy (non-hydrogen) atoms. The molecule has 0 radical (unpaired) electrons. The predicted octanol–water partition coefficient (Wildman–Crippen LogP) is 1.50. The molecule has 2 saturated heterocycles. The van der Waals surface area contributed by atoms with Crippen LogP contribution in [0.25, 0.3) is 0 Å². The summed E-state index contributed by atoms with van der Waals surface area (Å²) in [7, 11) is 0. The second-order valence-electron chi connectivity index (χ2n) is 7.44. The number of carbonyl (C=O) groups excluding carboxylic acids is 2. The zero-order chi connectivity index (χ0) is 21.0.